The van der Waals surface area contributed by atoms with Gasteiger partial charge in [-0.05, 0) is 30.0 Å². The maximum atomic E-state index is 5.44. The van der Waals surface area contributed by atoms with Crippen molar-refractivity contribution >= 4 is 0 Å². The molecule has 3 heteroatoms. The van der Waals surface area contributed by atoms with Crippen molar-refractivity contribution in [2.75, 3.05) is 26.4 Å². The van der Waals surface area contributed by atoms with Crippen LogP contribution in [0, 0.1) is 5.92 Å². The Morgan fingerprint density at radius 2 is 2.22 bits per heavy atom. The molecule has 1 atom stereocenters. The minimum atomic E-state index is 0.555. The molecule has 1 unspecified atom stereocenters. The highest BCUT2D eigenvalue weighted by atomic mass is 16.5. The van der Waals surface area contributed by atoms with Gasteiger partial charge in [0.25, 0.3) is 0 Å². The molecule has 3 nitrogen and oxygen atoms in total. The van der Waals surface area contributed by atoms with E-state index in [0.717, 1.165) is 32.1 Å². The van der Waals surface area contributed by atoms with Gasteiger partial charge in [0.1, 0.15) is 12.4 Å². The molecule has 0 saturated carbocycles. The zero-order chi connectivity index (χ0) is 12.6. The predicted molar refractivity (Wildman–Crippen MR) is 72.8 cm³/mol. The Morgan fingerprint density at radius 3 is 2.89 bits per heavy atom. The summed E-state index contributed by atoms with van der Waals surface area (Å²) in [6.07, 6.45) is 2.93. The second-order valence-corrected chi connectivity index (χ2v) is 4.60. The van der Waals surface area contributed by atoms with Crippen LogP contribution in [0.15, 0.2) is 36.9 Å². The van der Waals surface area contributed by atoms with Gasteiger partial charge in [-0.3, -0.25) is 0 Å². The maximum absolute atomic E-state index is 5.44. The summed E-state index contributed by atoms with van der Waals surface area (Å²) >= 11 is 0. The summed E-state index contributed by atoms with van der Waals surface area (Å²) in [5.74, 6) is 1.57. The molecule has 2 rings (SSSR count). The lowest BCUT2D eigenvalue weighted by atomic mass is 10.1. The van der Waals surface area contributed by atoms with Gasteiger partial charge in [-0.2, -0.15) is 0 Å². The van der Waals surface area contributed by atoms with Crippen LogP contribution >= 0.6 is 0 Å². The lowest BCUT2D eigenvalue weighted by molar-refractivity contribution is 0.185. The number of rotatable bonds is 7. The molecule has 1 aromatic carbocycles. The summed E-state index contributed by atoms with van der Waals surface area (Å²) in [5.41, 5.74) is 1.28. The SMILES string of the molecule is C=CCOc1ccc(CNCC2CCOC2)cc1. The zero-order valence-electron chi connectivity index (χ0n) is 10.7. The average molecular weight is 247 g/mol. The molecule has 0 radical (unpaired) electrons. The maximum Gasteiger partial charge on any atom is 0.119 e. The summed E-state index contributed by atoms with van der Waals surface area (Å²) < 4.78 is 10.8. The van der Waals surface area contributed by atoms with Gasteiger partial charge < -0.3 is 14.8 Å². The monoisotopic (exact) mass is 247 g/mol. The number of nitrogens with one attached hydrogen (secondary N) is 1. The van der Waals surface area contributed by atoms with Crippen molar-refractivity contribution in [1.29, 1.82) is 0 Å². The van der Waals surface area contributed by atoms with E-state index in [2.05, 4.69) is 24.0 Å². The molecule has 1 aliphatic rings. The Morgan fingerprint density at radius 1 is 1.39 bits per heavy atom. The largest absolute Gasteiger partial charge is 0.490 e. The van der Waals surface area contributed by atoms with E-state index < -0.39 is 0 Å². The van der Waals surface area contributed by atoms with Gasteiger partial charge >= 0.3 is 0 Å². The minimum Gasteiger partial charge on any atom is -0.490 e. The first-order valence-corrected chi connectivity index (χ1v) is 6.49. The number of hydrogen-bond acceptors (Lipinski definition) is 3. The van der Waals surface area contributed by atoms with E-state index in [1.807, 2.05) is 12.1 Å². The van der Waals surface area contributed by atoms with E-state index in [9.17, 15) is 0 Å². The molecule has 0 bridgehead atoms. The first-order chi connectivity index (χ1) is 8.88. The van der Waals surface area contributed by atoms with Gasteiger partial charge in [-0.25, -0.2) is 0 Å². The quantitative estimate of drug-likeness (QED) is 0.750. The molecule has 0 amide bonds. The van der Waals surface area contributed by atoms with Crippen molar-refractivity contribution in [2.24, 2.45) is 5.92 Å². The molecule has 0 spiro atoms. The highest BCUT2D eigenvalue weighted by molar-refractivity contribution is 5.27. The van der Waals surface area contributed by atoms with Gasteiger partial charge in [0.15, 0.2) is 0 Å². The summed E-state index contributed by atoms with van der Waals surface area (Å²) in [6, 6.07) is 8.19. The van der Waals surface area contributed by atoms with Crippen molar-refractivity contribution in [3.63, 3.8) is 0 Å². The second-order valence-electron chi connectivity index (χ2n) is 4.60. The summed E-state index contributed by atoms with van der Waals surface area (Å²) in [7, 11) is 0. The second kappa shape index (κ2) is 7.19. The lowest BCUT2D eigenvalue weighted by Crippen LogP contribution is -2.22. The van der Waals surface area contributed by atoms with E-state index >= 15 is 0 Å². The van der Waals surface area contributed by atoms with Crippen molar-refractivity contribution in [2.45, 2.75) is 13.0 Å². The first kappa shape index (κ1) is 13.1. The standard InChI is InChI=1S/C15H21NO2/c1-2-8-18-15-5-3-13(4-6-15)10-16-11-14-7-9-17-12-14/h2-6,14,16H,1,7-12H2. The molecule has 98 valence electrons. The molecule has 0 aliphatic carbocycles. The Labute approximate surface area is 109 Å². The highest BCUT2D eigenvalue weighted by Gasteiger charge is 2.14. The van der Waals surface area contributed by atoms with Crippen molar-refractivity contribution in [1.82, 2.24) is 5.32 Å². The average Bonchev–Trinajstić information content (AvgIpc) is 2.91. The predicted octanol–water partition coefficient (Wildman–Crippen LogP) is 2.38. The van der Waals surface area contributed by atoms with Gasteiger partial charge in [0.05, 0.1) is 6.61 Å². The van der Waals surface area contributed by atoms with Crippen LogP contribution in [-0.2, 0) is 11.3 Å². The van der Waals surface area contributed by atoms with Crippen molar-refractivity contribution in [3.05, 3.63) is 42.5 Å². The Hall–Kier alpha value is -1.32. The van der Waals surface area contributed by atoms with Crippen molar-refractivity contribution in [3.8, 4) is 5.75 Å². The molecule has 1 saturated heterocycles. The first-order valence-electron chi connectivity index (χ1n) is 6.49. The third-order valence-corrected chi connectivity index (χ3v) is 3.08. The van der Waals surface area contributed by atoms with Crippen LogP contribution in [-0.4, -0.2) is 26.4 Å². The van der Waals surface area contributed by atoms with Crippen LogP contribution in [0.1, 0.15) is 12.0 Å². The van der Waals surface area contributed by atoms with Crippen LogP contribution in [0.5, 0.6) is 5.75 Å². The number of ether oxygens (including phenoxy) is 2. The normalized spacial score (nSPS) is 18.8. The van der Waals surface area contributed by atoms with Crippen LogP contribution < -0.4 is 10.1 Å². The fourth-order valence-electron chi connectivity index (χ4n) is 2.02. The molecule has 1 N–H and O–H groups in total. The fraction of sp³-hybridized carbons (Fsp3) is 0.467. The third-order valence-electron chi connectivity index (χ3n) is 3.08. The smallest absolute Gasteiger partial charge is 0.119 e. The summed E-state index contributed by atoms with van der Waals surface area (Å²) in [6.45, 7) is 7.94. The van der Waals surface area contributed by atoms with Crippen LogP contribution in [0.4, 0.5) is 0 Å². The lowest BCUT2D eigenvalue weighted by Gasteiger charge is -2.10. The highest BCUT2D eigenvalue weighted by Crippen LogP contribution is 2.13. The summed E-state index contributed by atoms with van der Waals surface area (Å²) in [4.78, 5) is 0. The van der Waals surface area contributed by atoms with Crippen LogP contribution in [0.25, 0.3) is 0 Å². The zero-order valence-corrected chi connectivity index (χ0v) is 10.7. The van der Waals surface area contributed by atoms with E-state index in [1.165, 1.54) is 12.0 Å². The van der Waals surface area contributed by atoms with Crippen LogP contribution in [0.3, 0.4) is 0 Å². The van der Waals surface area contributed by atoms with Gasteiger partial charge in [-0.15, -0.1) is 0 Å². The Balaban J connectivity index is 1.70. The van der Waals surface area contributed by atoms with E-state index in [4.69, 9.17) is 9.47 Å². The number of hydrogen-bond donors (Lipinski definition) is 1. The molecule has 1 aromatic rings. The molecule has 18 heavy (non-hydrogen) atoms. The molecule has 1 fully saturated rings. The Bertz CT molecular complexity index is 355. The molecule has 1 aliphatic heterocycles. The van der Waals surface area contributed by atoms with Gasteiger partial charge in [-0.1, -0.05) is 24.8 Å². The summed E-state index contributed by atoms with van der Waals surface area (Å²) in [5, 5.41) is 3.47. The Kier molecular flexibility index (Phi) is 5.24. The van der Waals surface area contributed by atoms with E-state index in [-0.39, 0.29) is 0 Å². The van der Waals surface area contributed by atoms with Crippen molar-refractivity contribution < 1.29 is 9.47 Å². The number of benzene rings is 1. The van der Waals surface area contributed by atoms with Gasteiger partial charge in [0, 0.05) is 19.7 Å². The topological polar surface area (TPSA) is 30.5 Å². The third kappa shape index (κ3) is 4.17. The minimum absolute atomic E-state index is 0.555. The van der Waals surface area contributed by atoms with Gasteiger partial charge in [0.2, 0.25) is 0 Å². The molecular formula is C15H21NO2. The molecule has 0 aromatic heterocycles. The van der Waals surface area contributed by atoms with E-state index in [0.29, 0.717) is 12.5 Å². The van der Waals surface area contributed by atoms with E-state index in [1.54, 1.807) is 6.08 Å². The van der Waals surface area contributed by atoms with Crippen LogP contribution in [0.2, 0.25) is 0 Å². The molecule has 1 heterocycles. The molecular weight excluding hydrogens is 226 g/mol. The fourth-order valence-corrected chi connectivity index (χ4v) is 2.02.